The topological polar surface area (TPSA) is 41.9 Å². The highest BCUT2D eigenvalue weighted by Crippen LogP contribution is 2.48. The average Bonchev–Trinajstić information content (AvgIpc) is 2.78. The lowest BCUT2D eigenvalue weighted by molar-refractivity contribution is 0.248. The molecule has 2 heterocycles. The Morgan fingerprint density at radius 2 is 1.76 bits per heavy atom. The number of hydrogen-bond donors (Lipinski definition) is 1. The molecule has 0 fully saturated rings. The molecule has 2 aliphatic rings. The van der Waals surface area contributed by atoms with Gasteiger partial charge in [0.25, 0.3) is 0 Å². The molecule has 1 N–H and O–H groups in total. The third-order valence-electron chi connectivity index (χ3n) is 6.06. The van der Waals surface area contributed by atoms with E-state index in [0.29, 0.717) is 6.61 Å². The monoisotopic (exact) mass is 387 g/mol. The molecule has 0 aliphatic carbocycles. The first-order chi connectivity index (χ1) is 14.2. The van der Waals surface area contributed by atoms with Crippen LogP contribution in [0.25, 0.3) is 0 Å². The quantitative estimate of drug-likeness (QED) is 0.693. The highest BCUT2D eigenvalue weighted by atomic mass is 16.5. The van der Waals surface area contributed by atoms with Crippen molar-refractivity contribution in [1.29, 1.82) is 0 Å². The van der Waals surface area contributed by atoms with E-state index >= 15 is 0 Å². The summed E-state index contributed by atoms with van der Waals surface area (Å²) < 4.78 is 12.0. The van der Waals surface area contributed by atoms with Gasteiger partial charge in [-0.15, -0.1) is 0 Å². The van der Waals surface area contributed by atoms with Crippen LogP contribution in [0, 0.1) is 0 Å². The van der Waals surface area contributed by atoms with E-state index in [1.807, 2.05) is 18.2 Å². The fourth-order valence-electron chi connectivity index (χ4n) is 4.62. The van der Waals surface area contributed by atoms with Crippen LogP contribution in [0.15, 0.2) is 66.7 Å². The molecule has 2 atom stereocenters. The third kappa shape index (κ3) is 3.19. The van der Waals surface area contributed by atoms with Crippen molar-refractivity contribution in [2.24, 2.45) is 0 Å². The average molecular weight is 387 g/mol. The van der Waals surface area contributed by atoms with Crippen LogP contribution >= 0.6 is 0 Å². The van der Waals surface area contributed by atoms with Gasteiger partial charge in [0.2, 0.25) is 0 Å². The summed E-state index contributed by atoms with van der Waals surface area (Å²) in [5.41, 5.74) is 4.64. The minimum absolute atomic E-state index is 0.0965. The highest BCUT2D eigenvalue weighted by molar-refractivity contribution is 5.63. The molecule has 0 bridgehead atoms. The Morgan fingerprint density at radius 3 is 2.59 bits per heavy atom. The molecule has 148 valence electrons. The Kier molecular flexibility index (Phi) is 4.55. The van der Waals surface area contributed by atoms with E-state index in [1.54, 1.807) is 6.07 Å². The van der Waals surface area contributed by atoms with Gasteiger partial charge in [-0.3, -0.25) is 0 Å². The van der Waals surface area contributed by atoms with Gasteiger partial charge >= 0.3 is 0 Å². The molecular formula is C25H25NO3. The fourth-order valence-corrected chi connectivity index (χ4v) is 4.62. The van der Waals surface area contributed by atoms with Crippen molar-refractivity contribution < 1.29 is 14.6 Å². The zero-order chi connectivity index (χ0) is 19.8. The van der Waals surface area contributed by atoms with Crippen LogP contribution in [0.3, 0.4) is 0 Å². The van der Waals surface area contributed by atoms with Crippen molar-refractivity contribution in [3.05, 3.63) is 83.4 Å². The third-order valence-corrected chi connectivity index (χ3v) is 6.06. The second kappa shape index (κ2) is 7.36. The maximum atomic E-state index is 10.2. The molecule has 1 unspecified atom stereocenters. The Morgan fingerprint density at radius 1 is 0.931 bits per heavy atom. The predicted molar refractivity (Wildman–Crippen MR) is 114 cm³/mol. The molecular weight excluding hydrogens is 362 g/mol. The molecule has 4 heteroatoms. The minimum atomic E-state index is 0.0965. The SMILES string of the molecule is CCN1CCOc2ccc(C3c4cc(O)ccc4OC[C@@H]3c3ccccc3)cc21. The normalized spacial score (nSPS) is 20.2. The molecule has 29 heavy (non-hydrogen) atoms. The molecule has 2 aliphatic heterocycles. The van der Waals surface area contributed by atoms with Gasteiger partial charge in [-0.05, 0) is 48.4 Å². The first-order valence-corrected chi connectivity index (χ1v) is 10.3. The Bertz CT molecular complexity index is 1020. The smallest absolute Gasteiger partial charge is 0.142 e. The predicted octanol–water partition coefficient (Wildman–Crippen LogP) is 4.92. The first-order valence-electron chi connectivity index (χ1n) is 10.3. The summed E-state index contributed by atoms with van der Waals surface area (Å²) in [5.74, 6) is 2.33. The lowest BCUT2D eigenvalue weighted by Gasteiger charge is -2.36. The van der Waals surface area contributed by atoms with Gasteiger partial charge in [-0.25, -0.2) is 0 Å². The Hall–Kier alpha value is -3.14. The number of phenolic OH excluding ortho intramolecular Hbond substituents is 1. The van der Waals surface area contributed by atoms with Gasteiger partial charge in [-0.2, -0.15) is 0 Å². The summed E-state index contributed by atoms with van der Waals surface area (Å²) in [6.45, 7) is 5.36. The number of fused-ring (bicyclic) bond motifs is 2. The number of phenols is 1. The summed E-state index contributed by atoms with van der Waals surface area (Å²) in [6, 6.07) is 22.4. The maximum Gasteiger partial charge on any atom is 0.142 e. The molecule has 4 nitrogen and oxygen atoms in total. The standard InChI is InChI=1S/C25H25NO3/c1-2-26-12-13-28-24-10-8-18(14-22(24)26)25-20-15-19(27)9-11-23(20)29-16-21(25)17-6-4-3-5-7-17/h3-11,14-15,21,25,27H,2,12-13,16H2,1H3/t21-,25?/m1/s1. The highest BCUT2D eigenvalue weighted by Gasteiger charge is 2.34. The van der Waals surface area contributed by atoms with Crippen molar-refractivity contribution in [1.82, 2.24) is 0 Å². The second-order valence-electron chi connectivity index (χ2n) is 7.68. The number of ether oxygens (including phenoxy) is 2. The number of anilines is 1. The van der Waals surface area contributed by atoms with E-state index < -0.39 is 0 Å². The first kappa shape index (κ1) is 17.9. The molecule has 3 aromatic rings. The molecule has 0 saturated carbocycles. The Balaban J connectivity index is 1.66. The second-order valence-corrected chi connectivity index (χ2v) is 7.68. The van der Waals surface area contributed by atoms with E-state index in [4.69, 9.17) is 9.47 Å². The van der Waals surface area contributed by atoms with E-state index in [9.17, 15) is 5.11 Å². The van der Waals surface area contributed by atoms with Gasteiger partial charge in [0.05, 0.1) is 18.8 Å². The van der Waals surface area contributed by atoms with E-state index in [0.717, 1.165) is 42.4 Å². The molecule has 0 aromatic heterocycles. The summed E-state index contributed by atoms with van der Waals surface area (Å²) in [6.07, 6.45) is 0. The number of rotatable bonds is 3. The summed E-state index contributed by atoms with van der Waals surface area (Å²) in [7, 11) is 0. The van der Waals surface area contributed by atoms with Crippen molar-refractivity contribution in [3.8, 4) is 17.2 Å². The molecule has 0 spiro atoms. The van der Waals surface area contributed by atoms with Gasteiger partial charge in [-0.1, -0.05) is 36.4 Å². The van der Waals surface area contributed by atoms with Crippen LogP contribution in [-0.4, -0.2) is 31.4 Å². The molecule has 3 aromatic carbocycles. The molecule has 0 saturated heterocycles. The molecule has 0 radical (unpaired) electrons. The summed E-state index contributed by atoms with van der Waals surface area (Å²) in [5, 5.41) is 10.2. The fraction of sp³-hybridized carbons (Fsp3) is 0.280. The van der Waals surface area contributed by atoms with Crippen molar-refractivity contribution in [2.75, 3.05) is 31.2 Å². The number of hydrogen-bond acceptors (Lipinski definition) is 4. The maximum absolute atomic E-state index is 10.2. The summed E-state index contributed by atoms with van der Waals surface area (Å²) >= 11 is 0. The lowest BCUT2D eigenvalue weighted by atomic mass is 9.75. The largest absolute Gasteiger partial charge is 0.508 e. The number of nitrogens with zero attached hydrogens (tertiary/aromatic N) is 1. The number of benzene rings is 3. The zero-order valence-electron chi connectivity index (χ0n) is 16.5. The van der Waals surface area contributed by atoms with E-state index in [2.05, 4.69) is 54.3 Å². The molecule has 5 rings (SSSR count). The van der Waals surface area contributed by atoms with Gasteiger partial charge in [0, 0.05) is 23.9 Å². The van der Waals surface area contributed by atoms with Gasteiger partial charge in [0.1, 0.15) is 23.9 Å². The Labute approximate surface area is 171 Å². The number of aromatic hydroxyl groups is 1. The van der Waals surface area contributed by atoms with Crippen molar-refractivity contribution >= 4 is 5.69 Å². The minimum Gasteiger partial charge on any atom is -0.508 e. The zero-order valence-corrected chi connectivity index (χ0v) is 16.5. The van der Waals surface area contributed by atoms with Crippen LogP contribution in [0.1, 0.15) is 35.4 Å². The van der Waals surface area contributed by atoms with Crippen LogP contribution in [-0.2, 0) is 0 Å². The summed E-state index contributed by atoms with van der Waals surface area (Å²) in [4.78, 5) is 2.36. The number of likely N-dealkylation sites (N-methyl/N-ethyl adjacent to an activating group) is 1. The van der Waals surface area contributed by atoms with Crippen molar-refractivity contribution in [3.63, 3.8) is 0 Å². The lowest BCUT2D eigenvalue weighted by Crippen LogP contribution is -2.32. The molecule has 0 amide bonds. The van der Waals surface area contributed by atoms with E-state index in [-0.39, 0.29) is 17.6 Å². The van der Waals surface area contributed by atoms with Crippen molar-refractivity contribution in [2.45, 2.75) is 18.8 Å². The van der Waals surface area contributed by atoms with Gasteiger partial charge in [0.15, 0.2) is 0 Å². The van der Waals surface area contributed by atoms with Gasteiger partial charge < -0.3 is 19.5 Å². The van der Waals surface area contributed by atoms with Crippen LogP contribution in [0.5, 0.6) is 17.2 Å². The van der Waals surface area contributed by atoms with E-state index in [1.165, 1.54) is 11.1 Å². The van der Waals surface area contributed by atoms with Crippen LogP contribution < -0.4 is 14.4 Å². The van der Waals surface area contributed by atoms with Crippen LogP contribution in [0.4, 0.5) is 5.69 Å². The van der Waals surface area contributed by atoms with Crippen LogP contribution in [0.2, 0.25) is 0 Å².